The van der Waals surface area contributed by atoms with Crippen molar-refractivity contribution in [1.82, 2.24) is 24.9 Å². The number of fused-ring (bicyclic) bond motifs is 5. The van der Waals surface area contributed by atoms with Crippen molar-refractivity contribution in [1.29, 1.82) is 0 Å². The molecule has 12 aromatic rings. The summed E-state index contributed by atoms with van der Waals surface area (Å²) < 4.78 is 0. The Hall–Kier alpha value is -8.67. The SMILES string of the molecule is c1ccc(-c2ccc(-c3cc(-c4ccc5cc(-c6ccc7ccc8c(-c9ccccc9)c9ccccc9nc8c7n6)ccc5c4)cc(-c4ccc(-c5ccccn5)cc4)n3)nc2)cc1. The van der Waals surface area contributed by atoms with Gasteiger partial charge >= 0.3 is 0 Å². The van der Waals surface area contributed by atoms with Gasteiger partial charge < -0.3 is 0 Å². The van der Waals surface area contributed by atoms with E-state index in [9.17, 15) is 0 Å². The lowest BCUT2D eigenvalue weighted by Gasteiger charge is -2.13. The largest absolute Gasteiger partial charge is 0.256 e. The van der Waals surface area contributed by atoms with Crippen LogP contribution in [-0.4, -0.2) is 24.9 Å². The van der Waals surface area contributed by atoms with Gasteiger partial charge in [0, 0.05) is 56.4 Å². The van der Waals surface area contributed by atoms with Crippen molar-refractivity contribution in [3.63, 3.8) is 0 Å². The minimum Gasteiger partial charge on any atom is -0.256 e. The van der Waals surface area contributed by atoms with E-state index >= 15 is 0 Å². The maximum absolute atomic E-state index is 5.33. The summed E-state index contributed by atoms with van der Waals surface area (Å²) in [7, 11) is 0. The zero-order valence-electron chi connectivity index (χ0n) is 34.6. The molecule has 0 bridgehead atoms. The molecule has 0 saturated heterocycles. The molecule has 5 nitrogen and oxygen atoms in total. The smallest absolute Gasteiger partial charge is 0.0978 e. The number of benzene rings is 7. The molecule has 5 heterocycles. The highest BCUT2D eigenvalue weighted by Crippen LogP contribution is 2.39. The Morgan fingerprint density at radius 1 is 0.266 bits per heavy atom. The third kappa shape index (κ3) is 6.82. The van der Waals surface area contributed by atoms with Crippen LogP contribution < -0.4 is 0 Å². The highest BCUT2D eigenvalue weighted by Gasteiger charge is 2.16. The quantitative estimate of drug-likeness (QED) is 0.118. The van der Waals surface area contributed by atoms with Crippen LogP contribution in [0.1, 0.15) is 0 Å². The van der Waals surface area contributed by atoms with Gasteiger partial charge in [0.25, 0.3) is 0 Å². The average molecular weight is 816 g/mol. The Labute approximate surface area is 370 Å². The maximum Gasteiger partial charge on any atom is 0.0978 e. The fraction of sp³-hybridized carbons (Fsp3) is 0. The monoisotopic (exact) mass is 815 g/mol. The van der Waals surface area contributed by atoms with Crippen molar-refractivity contribution in [2.45, 2.75) is 0 Å². The molecule has 0 unspecified atom stereocenters. The lowest BCUT2D eigenvalue weighted by Crippen LogP contribution is -1.94. The molecule has 5 aromatic heterocycles. The van der Waals surface area contributed by atoms with Crippen LogP contribution in [0.2, 0.25) is 0 Å². The van der Waals surface area contributed by atoms with Gasteiger partial charge in [0.15, 0.2) is 0 Å². The summed E-state index contributed by atoms with van der Waals surface area (Å²) in [6, 6.07) is 74.2. The second-order valence-corrected chi connectivity index (χ2v) is 16.1. The standard InChI is InChI=1S/C59H37N5/c1-3-11-38(12-4-1)47-28-31-54(61-37-47)56-36-48(35-55(62-56)40-20-18-39(19-21-40)51-16-9-10-32-60-51)45-23-22-44-34-46(25-24-43(44)33-45)52-30-27-42-26-29-50-57(41-13-5-2-6-14-41)49-15-7-8-17-53(49)64-59(50)58(42)63-52/h1-37H. The predicted molar refractivity (Wildman–Crippen MR) is 263 cm³/mol. The molecule has 0 N–H and O–H groups in total. The molecule has 0 fully saturated rings. The Bertz CT molecular complexity index is 3580. The minimum atomic E-state index is 0.810. The second-order valence-electron chi connectivity index (χ2n) is 16.1. The molecule has 0 atom stereocenters. The van der Waals surface area contributed by atoms with E-state index in [1.165, 1.54) is 11.1 Å². The highest BCUT2D eigenvalue weighted by atomic mass is 14.8. The highest BCUT2D eigenvalue weighted by molar-refractivity contribution is 6.16. The van der Waals surface area contributed by atoms with Gasteiger partial charge in [-0.3, -0.25) is 9.97 Å². The summed E-state index contributed by atoms with van der Waals surface area (Å²) in [5.74, 6) is 0. The van der Waals surface area contributed by atoms with E-state index in [4.69, 9.17) is 19.9 Å². The molecule has 7 aromatic carbocycles. The first-order valence-electron chi connectivity index (χ1n) is 21.5. The third-order valence-electron chi connectivity index (χ3n) is 12.1. The molecule has 298 valence electrons. The molecule has 0 spiro atoms. The van der Waals surface area contributed by atoms with Crippen LogP contribution in [-0.2, 0) is 0 Å². The fourth-order valence-corrected chi connectivity index (χ4v) is 8.87. The first kappa shape index (κ1) is 37.1. The normalized spacial score (nSPS) is 11.4. The minimum absolute atomic E-state index is 0.810. The zero-order chi connectivity index (χ0) is 42.4. The van der Waals surface area contributed by atoms with Gasteiger partial charge in [-0.25, -0.2) is 15.0 Å². The molecular weight excluding hydrogens is 779 g/mol. The topological polar surface area (TPSA) is 64.5 Å². The maximum atomic E-state index is 5.33. The summed E-state index contributed by atoms with van der Waals surface area (Å²) in [6.07, 6.45) is 3.75. The molecule has 5 heteroatoms. The van der Waals surface area contributed by atoms with Crippen LogP contribution in [0.25, 0.3) is 122 Å². The van der Waals surface area contributed by atoms with E-state index in [0.29, 0.717) is 0 Å². The summed E-state index contributed by atoms with van der Waals surface area (Å²) in [5.41, 5.74) is 16.9. The number of pyridine rings is 5. The van der Waals surface area contributed by atoms with Gasteiger partial charge in [-0.15, -0.1) is 0 Å². The van der Waals surface area contributed by atoms with Gasteiger partial charge in [-0.1, -0.05) is 158 Å². The summed E-state index contributed by atoms with van der Waals surface area (Å²) in [6.45, 7) is 0. The van der Waals surface area contributed by atoms with Gasteiger partial charge in [0.1, 0.15) is 0 Å². The van der Waals surface area contributed by atoms with Crippen LogP contribution >= 0.6 is 0 Å². The van der Waals surface area contributed by atoms with Gasteiger partial charge in [0.05, 0.1) is 45.0 Å². The van der Waals surface area contributed by atoms with Crippen LogP contribution in [0.4, 0.5) is 0 Å². The van der Waals surface area contributed by atoms with E-state index in [1.54, 1.807) is 0 Å². The van der Waals surface area contributed by atoms with Crippen LogP contribution in [0.3, 0.4) is 0 Å². The number of aromatic nitrogens is 5. The molecule has 0 amide bonds. The number of hydrogen-bond acceptors (Lipinski definition) is 5. The van der Waals surface area contributed by atoms with Crippen LogP contribution in [0.5, 0.6) is 0 Å². The van der Waals surface area contributed by atoms with Crippen LogP contribution in [0.15, 0.2) is 225 Å². The van der Waals surface area contributed by atoms with E-state index in [1.807, 2.05) is 48.8 Å². The molecule has 0 saturated carbocycles. The average Bonchev–Trinajstić information content (AvgIpc) is 3.38. The Kier molecular flexibility index (Phi) is 9.08. The lowest BCUT2D eigenvalue weighted by atomic mass is 9.95. The Balaban J connectivity index is 0.930. The molecule has 64 heavy (non-hydrogen) atoms. The van der Waals surface area contributed by atoms with Crippen molar-refractivity contribution in [2.24, 2.45) is 0 Å². The molecule has 0 aliphatic rings. The van der Waals surface area contributed by atoms with E-state index in [-0.39, 0.29) is 0 Å². The summed E-state index contributed by atoms with van der Waals surface area (Å²) in [5, 5.41) is 5.56. The number of para-hydroxylation sites is 1. The van der Waals surface area contributed by atoms with E-state index in [2.05, 4.69) is 181 Å². The first-order valence-corrected chi connectivity index (χ1v) is 21.5. The van der Waals surface area contributed by atoms with E-state index in [0.717, 1.165) is 111 Å². The van der Waals surface area contributed by atoms with Gasteiger partial charge in [-0.2, -0.15) is 0 Å². The van der Waals surface area contributed by atoms with Crippen molar-refractivity contribution >= 4 is 43.5 Å². The second kappa shape index (κ2) is 15.7. The Morgan fingerprint density at radius 3 is 1.66 bits per heavy atom. The van der Waals surface area contributed by atoms with Crippen molar-refractivity contribution < 1.29 is 0 Å². The van der Waals surface area contributed by atoms with Crippen molar-refractivity contribution in [3.05, 3.63) is 225 Å². The molecular formula is C59H37N5. The number of nitrogens with zero attached hydrogens (tertiary/aromatic N) is 5. The van der Waals surface area contributed by atoms with Gasteiger partial charge in [-0.05, 0) is 87.6 Å². The van der Waals surface area contributed by atoms with Gasteiger partial charge in [0.2, 0.25) is 0 Å². The van der Waals surface area contributed by atoms with Crippen molar-refractivity contribution in [2.75, 3.05) is 0 Å². The molecule has 12 rings (SSSR count). The summed E-state index contributed by atoms with van der Waals surface area (Å²) >= 11 is 0. The first-order chi connectivity index (χ1) is 31.7. The van der Waals surface area contributed by atoms with Crippen LogP contribution in [0, 0.1) is 0 Å². The molecule has 0 radical (unpaired) electrons. The summed E-state index contributed by atoms with van der Waals surface area (Å²) in [4.78, 5) is 25.2. The molecule has 0 aliphatic carbocycles. The molecule has 0 aliphatic heterocycles. The third-order valence-corrected chi connectivity index (χ3v) is 12.1. The number of hydrogen-bond donors (Lipinski definition) is 0. The van der Waals surface area contributed by atoms with Crippen molar-refractivity contribution in [3.8, 4) is 78.5 Å². The van der Waals surface area contributed by atoms with E-state index < -0.39 is 0 Å². The number of rotatable bonds is 7. The zero-order valence-corrected chi connectivity index (χ0v) is 34.6. The predicted octanol–water partition coefficient (Wildman–Crippen LogP) is 14.9. The Morgan fingerprint density at radius 2 is 0.891 bits per heavy atom. The fourth-order valence-electron chi connectivity index (χ4n) is 8.87. The lowest BCUT2D eigenvalue weighted by molar-refractivity contribution is 1.25.